The molecule has 0 aliphatic carbocycles. The van der Waals surface area contributed by atoms with Crippen LogP contribution >= 0.6 is 0 Å². The first-order valence-corrected chi connectivity index (χ1v) is 19.7. The van der Waals surface area contributed by atoms with Gasteiger partial charge in [0, 0.05) is 38.6 Å². The summed E-state index contributed by atoms with van der Waals surface area (Å²) in [4.78, 5) is 2.32. The zero-order chi connectivity index (χ0) is 38.2. The third-order valence-electron chi connectivity index (χ3n) is 11.6. The molecule has 3 aromatic heterocycles. The highest BCUT2D eigenvalue weighted by molar-refractivity contribution is 6.24. The average Bonchev–Trinajstić information content (AvgIpc) is 3.96. The normalized spacial score (nSPS) is 11.8. The van der Waals surface area contributed by atoms with Crippen molar-refractivity contribution < 1.29 is 8.83 Å². The first kappa shape index (κ1) is 32.4. The molecule has 0 unspecified atom stereocenters. The van der Waals surface area contributed by atoms with E-state index in [0.717, 1.165) is 88.6 Å². The Kier molecular flexibility index (Phi) is 7.20. The molecule has 0 radical (unpaired) electrons. The molecule has 0 N–H and O–H groups in total. The second-order valence-electron chi connectivity index (χ2n) is 14.9. The van der Waals surface area contributed by atoms with Gasteiger partial charge < -0.3 is 13.7 Å². The summed E-state index contributed by atoms with van der Waals surface area (Å²) >= 11 is 0. The Labute approximate surface area is 334 Å². The van der Waals surface area contributed by atoms with Crippen LogP contribution in [0.4, 0.5) is 17.1 Å². The number of para-hydroxylation sites is 4. The SMILES string of the molecule is c1ccc(-c2ccc(N(c3ccc4cc(-c5cccc6c5c5c7ccccc7oc5n6-c5ccccc5)ccc4c3)c3cccc4c3oc3ccccc34)cc2)cc1. The van der Waals surface area contributed by atoms with Crippen molar-refractivity contribution in [1.29, 1.82) is 0 Å². The summed E-state index contributed by atoms with van der Waals surface area (Å²) < 4.78 is 15.5. The third-order valence-corrected chi connectivity index (χ3v) is 11.6. The number of nitrogens with zero attached hydrogens (tertiary/aromatic N) is 2. The van der Waals surface area contributed by atoms with E-state index in [4.69, 9.17) is 8.83 Å². The van der Waals surface area contributed by atoms with Gasteiger partial charge in [0.1, 0.15) is 11.2 Å². The number of hydrogen-bond acceptors (Lipinski definition) is 3. The van der Waals surface area contributed by atoms with Crippen LogP contribution in [-0.4, -0.2) is 4.57 Å². The van der Waals surface area contributed by atoms with Gasteiger partial charge in [-0.3, -0.25) is 4.57 Å². The maximum atomic E-state index is 6.62. The fourth-order valence-electron chi connectivity index (χ4n) is 8.91. The molecule has 0 bridgehead atoms. The lowest BCUT2D eigenvalue weighted by molar-refractivity contribution is 0.645. The Morgan fingerprint density at radius 3 is 1.84 bits per heavy atom. The lowest BCUT2D eigenvalue weighted by Gasteiger charge is -2.26. The molecule has 12 aromatic rings. The van der Waals surface area contributed by atoms with Crippen LogP contribution in [0.15, 0.2) is 215 Å². The monoisotopic (exact) mass is 742 g/mol. The van der Waals surface area contributed by atoms with Gasteiger partial charge in [0.2, 0.25) is 5.71 Å². The van der Waals surface area contributed by atoms with Crippen LogP contribution in [-0.2, 0) is 0 Å². The van der Waals surface area contributed by atoms with Gasteiger partial charge in [0.15, 0.2) is 5.58 Å². The lowest BCUT2D eigenvalue weighted by Crippen LogP contribution is -2.10. The van der Waals surface area contributed by atoms with Gasteiger partial charge in [-0.05, 0) is 99.8 Å². The number of aromatic nitrogens is 1. The number of rotatable bonds is 6. The molecule has 3 heterocycles. The van der Waals surface area contributed by atoms with E-state index < -0.39 is 0 Å². The molecule has 0 saturated carbocycles. The predicted molar refractivity (Wildman–Crippen MR) is 241 cm³/mol. The molecule has 58 heavy (non-hydrogen) atoms. The van der Waals surface area contributed by atoms with Crippen LogP contribution in [0, 0.1) is 0 Å². The summed E-state index contributed by atoms with van der Waals surface area (Å²) in [5, 5.41) is 7.96. The van der Waals surface area contributed by atoms with Gasteiger partial charge in [0.25, 0.3) is 0 Å². The van der Waals surface area contributed by atoms with Gasteiger partial charge in [-0.25, -0.2) is 0 Å². The summed E-state index contributed by atoms with van der Waals surface area (Å²) in [6.07, 6.45) is 0. The van der Waals surface area contributed by atoms with Crippen molar-refractivity contribution in [1.82, 2.24) is 4.57 Å². The molecular formula is C54H34N2O2. The van der Waals surface area contributed by atoms with Gasteiger partial charge >= 0.3 is 0 Å². The molecule has 0 atom stereocenters. The number of benzene rings is 9. The zero-order valence-electron chi connectivity index (χ0n) is 31.3. The third kappa shape index (κ3) is 5.02. The maximum absolute atomic E-state index is 6.62. The second kappa shape index (κ2) is 12.9. The first-order chi connectivity index (χ1) is 28.8. The van der Waals surface area contributed by atoms with Gasteiger partial charge in [-0.2, -0.15) is 0 Å². The largest absolute Gasteiger partial charge is 0.454 e. The maximum Gasteiger partial charge on any atom is 0.213 e. The minimum Gasteiger partial charge on any atom is -0.454 e. The van der Waals surface area contributed by atoms with E-state index in [1.54, 1.807) is 0 Å². The van der Waals surface area contributed by atoms with E-state index in [0.29, 0.717) is 0 Å². The molecule has 4 heteroatoms. The van der Waals surface area contributed by atoms with E-state index in [1.165, 1.54) is 22.1 Å². The van der Waals surface area contributed by atoms with Gasteiger partial charge in [-0.1, -0.05) is 140 Å². The quantitative estimate of drug-likeness (QED) is 0.170. The summed E-state index contributed by atoms with van der Waals surface area (Å²) in [6.45, 7) is 0. The molecule has 0 amide bonds. The Morgan fingerprint density at radius 1 is 0.397 bits per heavy atom. The Balaban J connectivity index is 1.02. The van der Waals surface area contributed by atoms with E-state index in [-0.39, 0.29) is 0 Å². The Bertz CT molecular complexity index is 3500. The Morgan fingerprint density at radius 2 is 1.02 bits per heavy atom. The van der Waals surface area contributed by atoms with E-state index >= 15 is 0 Å². The summed E-state index contributed by atoms with van der Waals surface area (Å²) in [6, 6.07) is 73.1. The highest BCUT2D eigenvalue weighted by atomic mass is 16.3. The number of furan rings is 2. The molecule has 0 fully saturated rings. The van der Waals surface area contributed by atoms with Crippen LogP contribution in [0.2, 0.25) is 0 Å². The molecular weight excluding hydrogens is 709 g/mol. The van der Waals surface area contributed by atoms with Gasteiger partial charge in [0.05, 0.1) is 16.6 Å². The van der Waals surface area contributed by atoms with E-state index in [1.807, 2.05) is 18.2 Å². The zero-order valence-corrected chi connectivity index (χ0v) is 31.3. The summed E-state index contributed by atoms with van der Waals surface area (Å²) in [5.74, 6) is 0. The molecule has 12 rings (SSSR count). The summed E-state index contributed by atoms with van der Waals surface area (Å²) in [7, 11) is 0. The van der Waals surface area contributed by atoms with Gasteiger partial charge in [-0.15, -0.1) is 0 Å². The van der Waals surface area contributed by atoms with Crippen molar-refractivity contribution in [3.05, 3.63) is 206 Å². The first-order valence-electron chi connectivity index (χ1n) is 19.7. The minimum atomic E-state index is 0.858. The molecule has 0 aliphatic rings. The second-order valence-corrected chi connectivity index (χ2v) is 14.9. The van der Waals surface area contributed by atoms with Crippen LogP contribution < -0.4 is 4.90 Å². The van der Waals surface area contributed by atoms with Crippen molar-refractivity contribution in [2.75, 3.05) is 4.90 Å². The molecule has 0 spiro atoms. The molecule has 9 aromatic carbocycles. The van der Waals surface area contributed by atoms with E-state index in [9.17, 15) is 0 Å². The smallest absolute Gasteiger partial charge is 0.213 e. The van der Waals surface area contributed by atoms with Crippen molar-refractivity contribution in [3.8, 4) is 27.9 Å². The fourth-order valence-corrected chi connectivity index (χ4v) is 8.91. The number of hydrogen-bond donors (Lipinski definition) is 0. The highest BCUT2D eigenvalue weighted by Crippen LogP contribution is 2.46. The molecule has 0 aliphatic heterocycles. The molecule has 0 saturated heterocycles. The molecule has 4 nitrogen and oxygen atoms in total. The standard InChI is InChI=1S/C54H34N2O2/c1-3-13-35(14-4-1)36-27-30-41(31-28-36)55(48-22-12-20-45-44-17-7-9-23-49(44)57-53(45)48)42-32-29-37-33-39(26-25-38(37)34-42)43-19-11-21-47-51(43)52-46-18-8-10-24-50(46)58-54(52)56(47)40-15-5-2-6-16-40/h1-34H. The number of anilines is 3. The molecule has 272 valence electrons. The van der Waals surface area contributed by atoms with Crippen LogP contribution in [0.25, 0.3) is 93.6 Å². The highest BCUT2D eigenvalue weighted by Gasteiger charge is 2.23. The van der Waals surface area contributed by atoms with Crippen molar-refractivity contribution in [2.45, 2.75) is 0 Å². The predicted octanol–water partition coefficient (Wildman–Crippen LogP) is 15.4. The topological polar surface area (TPSA) is 34.5 Å². The van der Waals surface area contributed by atoms with Crippen LogP contribution in [0.5, 0.6) is 0 Å². The van der Waals surface area contributed by atoms with Crippen molar-refractivity contribution >= 4 is 82.7 Å². The number of fused-ring (bicyclic) bond motifs is 9. The fraction of sp³-hybridized carbons (Fsp3) is 0. The summed E-state index contributed by atoms with van der Waals surface area (Å²) in [5.41, 5.74) is 13.5. The Hall–Kier alpha value is -7.82. The van der Waals surface area contributed by atoms with E-state index in [2.05, 4.69) is 198 Å². The minimum absolute atomic E-state index is 0.858. The van der Waals surface area contributed by atoms with Crippen molar-refractivity contribution in [2.24, 2.45) is 0 Å². The average molecular weight is 743 g/mol. The van der Waals surface area contributed by atoms with Crippen LogP contribution in [0.3, 0.4) is 0 Å². The van der Waals surface area contributed by atoms with Crippen molar-refractivity contribution in [3.63, 3.8) is 0 Å². The lowest BCUT2D eigenvalue weighted by atomic mass is 9.96. The van der Waals surface area contributed by atoms with Crippen LogP contribution in [0.1, 0.15) is 0 Å².